The molecule has 0 radical (unpaired) electrons. The van der Waals surface area contributed by atoms with Crippen molar-refractivity contribution in [1.82, 2.24) is 4.90 Å². The Hall–Kier alpha value is -3.02. The minimum Gasteiger partial charge on any atom is -0.461 e. The molecule has 0 aromatic heterocycles. The van der Waals surface area contributed by atoms with Crippen molar-refractivity contribution in [3.63, 3.8) is 0 Å². The number of carbonyl (C=O) groups excluding carboxylic acids is 2. The minimum absolute atomic E-state index is 0.101. The van der Waals surface area contributed by atoms with Gasteiger partial charge in [0.15, 0.2) is 6.04 Å². The summed E-state index contributed by atoms with van der Waals surface area (Å²) in [4.78, 5) is 28.1. The summed E-state index contributed by atoms with van der Waals surface area (Å²) in [7, 11) is 0. The lowest BCUT2D eigenvalue weighted by atomic mass is 10.0. The van der Waals surface area contributed by atoms with Crippen LogP contribution in [-0.4, -0.2) is 28.7 Å². The molecule has 2 N–H and O–H groups in total. The Labute approximate surface area is 184 Å². The third-order valence-electron chi connectivity index (χ3n) is 5.20. The number of rotatable bonds is 6. The summed E-state index contributed by atoms with van der Waals surface area (Å²) in [5, 5.41) is 0. The maximum atomic E-state index is 13.4. The van der Waals surface area contributed by atoms with Crippen LogP contribution in [0.25, 0.3) is 0 Å². The fourth-order valence-electron chi connectivity index (χ4n) is 3.72. The monoisotopic (exact) mass is 424 g/mol. The normalized spacial score (nSPS) is 15.3. The molecule has 166 valence electrons. The minimum atomic E-state index is -0.908. The highest BCUT2D eigenvalue weighted by Gasteiger charge is 2.37. The molecule has 1 amide bonds. The summed E-state index contributed by atoms with van der Waals surface area (Å²) in [6.07, 6.45) is 3.15. The van der Waals surface area contributed by atoms with Crippen LogP contribution in [0.15, 0.2) is 54.6 Å². The predicted octanol–water partition coefficient (Wildman–Crippen LogP) is 5.23. The van der Waals surface area contributed by atoms with Gasteiger partial charge in [-0.3, -0.25) is 4.90 Å². The van der Waals surface area contributed by atoms with E-state index in [0.29, 0.717) is 11.3 Å². The van der Waals surface area contributed by atoms with Crippen LogP contribution in [0.3, 0.4) is 0 Å². The van der Waals surface area contributed by atoms with Gasteiger partial charge in [0.1, 0.15) is 11.7 Å². The number of benzene rings is 2. The third-order valence-corrected chi connectivity index (χ3v) is 5.20. The number of nitrogen functional groups attached to an aromatic ring is 1. The van der Waals surface area contributed by atoms with E-state index in [1.807, 2.05) is 42.5 Å². The van der Waals surface area contributed by atoms with Gasteiger partial charge in [0.05, 0.1) is 6.54 Å². The van der Waals surface area contributed by atoms with Gasteiger partial charge in [0.2, 0.25) is 0 Å². The van der Waals surface area contributed by atoms with Crippen molar-refractivity contribution in [2.24, 2.45) is 0 Å². The Morgan fingerprint density at radius 1 is 1.03 bits per heavy atom. The highest BCUT2D eigenvalue weighted by atomic mass is 16.6. The van der Waals surface area contributed by atoms with Gasteiger partial charge in [-0.15, -0.1) is 0 Å². The maximum Gasteiger partial charge on any atom is 0.411 e. The van der Waals surface area contributed by atoms with Crippen molar-refractivity contribution < 1.29 is 19.1 Å². The number of anilines is 1. The van der Waals surface area contributed by atoms with Gasteiger partial charge in [-0.2, -0.15) is 0 Å². The van der Waals surface area contributed by atoms with Crippen molar-refractivity contribution in [1.29, 1.82) is 0 Å². The van der Waals surface area contributed by atoms with E-state index in [1.54, 1.807) is 32.9 Å². The molecule has 1 aliphatic rings. The van der Waals surface area contributed by atoms with E-state index in [2.05, 4.69) is 0 Å². The molecule has 0 unspecified atom stereocenters. The molecular weight excluding hydrogens is 392 g/mol. The van der Waals surface area contributed by atoms with Crippen LogP contribution in [0, 0.1) is 0 Å². The molecule has 1 saturated carbocycles. The van der Waals surface area contributed by atoms with Crippen LogP contribution < -0.4 is 5.73 Å². The first-order valence-corrected chi connectivity index (χ1v) is 10.8. The lowest BCUT2D eigenvalue weighted by Crippen LogP contribution is -2.43. The molecule has 1 fully saturated rings. The maximum absolute atomic E-state index is 13.4. The van der Waals surface area contributed by atoms with E-state index in [9.17, 15) is 9.59 Å². The molecule has 2 aromatic rings. The zero-order valence-electron chi connectivity index (χ0n) is 18.5. The zero-order valence-corrected chi connectivity index (χ0v) is 18.5. The molecule has 0 heterocycles. The van der Waals surface area contributed by atoms with Crippen LogP contribution in [0.5, 0.6) is 0 Å². The van der Waals surface area contributed by atoms with Gasteiger partial charge in [0.25, 0.3) is 0 Å². The van der Waals surface area contributed by atoms with Crippen LogP contribution in [-0.2, 0) is 20.8 Å². The number of hydrogen-bond acceptors (Lipinski definition) is 5. The Kier molecular flexibility index (Phi) is 7.21. The van der Waals surface area contributed by atoms with Crippen molar-refractivity contribution in [2.45, 2.75) is 70.7 Å². The van der Waals surface area contributed by atoms with E-state index >= 15 is 0 Å². The molecule has 0 saturated heterocycles. The summed E-state index contributed by atoms with van der Waals surface area (Å²) < 4.78 is 11.5. The number of nitrogens with zero attached hydrogens (tertiary/aromatic N) is 1. The number of esters is 1. The lowest BCUT2D eigenvalue weighted by Gasteiger charge is -2.33. The Bertz CT molecular complexity index is 869. The number of carbonyl (C=O) groups is 2. The molecule has 1 aliphatic carbocycles. The van der Waals surface area contributed by atoms with E-state index in [-0.39, 0.29) is 12.6 Å². The summed E-state index contributed by atoms with van der Waals surface area (Å²) in [5.41, 5.74) is 7.27. The highest BCUT2D eigenvalue weighted by Crippen LogP contribution is 2.30. The van der Waals surface area contributed by atoms with Gasteiger partial charge in [0, 0.05) is 5.69 Å². The first-order chi connectivity index (χ1) is 14.7. The summed E-state index contributed by atoms with van der Waals surface area (Å²) in [5.74, 6) is -0.431. The number of amides is 1. The molecule has 1 atom stereocenters. The van der Waals surface area contributed by atoms with Crippen LogP contribution in [0.1, 0.15) is 63.6 Å². The van der Waals surface area contributed by atoms with E-state index < -0.39 is 23.7 Å². The molecular formula is C25H32N2O4. The molecule has 0 spiro atoms. The quantitative estimate of drug-likeness (QED) is 0.507. The van der Waals surface area contributed by atoms with E-state index in [0.717, 1.165) is 31.2 Å². The second-order valence-corrected chi connectivity index (χ2v) is 9.01. The SMILES string of the molecule is CC(C)(C)OC(=O)N(Cc1ccc(N)cc1)[C@H](C(=O)OC1CCCC1)c1ccccc1. The smallest absolute Gasteiger partial charge is 0.411 e. The molecule has 0 aliphatic heterocycles. The average Bonchev–Trinajstić information content (AvgIpc) is 3.21. The second kappa shape index (κ2) is 9.86. The second-order valence-electron chi connectivity index (χ2n) is 9.01. The molecule has 31 heavy (non-hydrogen) atoms. The standard InChI is InChI=1S/C25H32N2O4/c1-25(2,3)31-24(29)27(17-18-13-15-20(26)16-14-18)22(19-9-5-4-6-10-19)23(28)30-21-11-7-8-12-21/h4-6,9-10,13-16,21-22H,7-8,11-12,17,26H2,1-3H3/t22-/m0/s1. The third kappa shape index (κ3) is 6.48. The first kappa shape index (κ1) is 22.7. The molecule has 0 bridgehead atoms. The van der Waals surface area contributed by atoms with Gasteiger partial charge in [-0.1, -0.05) is 42.5 Å². The van der Waals surface area contributed by atoms with Crippen LogP contribution in [0.2, 0.25) is 0 Å². The molecule has 3 rings (SSSR count). The largest absolute Gasteiger partial charge is 0.461 e. The fraction of sp³-hybridized carbons (Fsp3) is 0.440. The fourth-order valence-corrected chi connectivity index (χ4v) is 3.72. The number of nitrogens with two attached hydrogens (primary N) is 1. The van der Waals surface area contributed by atoms with Gasteiger partial charge < -0.3 is 15.2 Å². The van der Waals surface area contributed by atoms with Crippen molar-refractivity contribution in [3.05, 3.63) is 65.7 Å². The van der Waals surface area contributed by atoms with E-state index in [4.69, 9.17) is 15.2 Å². The van der Waals surface area contributed by atoms with Crippen molar-refractivity contribution in [2.75, 3.05) is 5.73 Å². The lowest BCUT2D eigenvalue weighted by molar-refractivity contribution is -0.155. The topological polar surface area (TPSA) is 81.9 Å². The molecule has 6 nitrogen and oxygen atoms in total. The van der Waals surface area contributed by atoms with E-state index in [1.165, 1.54) is 4.90 Å². The summed E-state index contributed by atoms with van der Waals surface area (Å²) >= 11 is 0. The first-order valence-electron chi connectivity index (χ1n) is 10.8. The van der Waals surface area contributed by atoms with Crippen LogP contribution >= 0.6 is 0 Å². The van der Waals surface area contributed by atoms with Crippen molar-refractivity contribution >= 4 is 17.7 Å². The predicted molar refractivity (Wildman–Crippen MR) is 120 cm³/mol. The molecule has 2 aromatic carbocycles. The summed E-state index contributed by atoms with van der Waals surface area (Å²) in [6, 6.07) is 15.6. The van der Waals surface area contributed by atoms with Gasteiger partial charge >= 0.3 is 12.1 Å². The Morgan fingerprint density at radius 3 is 2.23 bits per heavy atom. The van der Waals surface area contributed by atoms with Gasteiger partial charge in [-0.25, -0.2) is 9.59 Å². The van der Waals surface area contributed by atoms with Crippen LogP contribution in [0.4, 0.5) is 10.5 Å². The highest BCUT2D eigenvalue weighted by molar-refractivity contribution is 5.83. The average molecular weight is 425 g/mol. The zero-order chi connectivity index (χ0) is 22.4. The van der Waals surface area contributed by atoms with Crippen molar-refractivity contribution in [3.8, 4) is 0 Å². The van der Waals surface area contributed by atoms with Gasteiger partial charge in [-0.05, 0) is 69.7 Å². The summed E-state index contributed by atoms with van der Waals surface area (Å²) in [6.45, 7) is 5.61. The Balaban J connectivity index is 1.96. The molecule has 6 heteroatoms. The Morgan fingerprint density at radius 2 is 1.65 bits per heavy atom. The number of hydrogen-bond donors (Lipinski definition) is 1. The number of ether oxygens (including phenoxy) is 2.